The molecule has 0 saturated carbocycles. The van der Waals surface area contributed by atoms with Gasteiger partial charge in [-0.25, -0.2) is 8.78 Å². The first-order valence-corrected chi connectivity index (χ1v) is 13.8. The molecule has 4 aromatic carbocycles. The van der Waals surface area contributed by atoms with Crippen LogP contribution in [0.25, 0.3) is 0 Å². The van der Waals surface area contributed by atoms with Crippen molar-refractivity contribution in [2.24, 2.45) is 0 Å². The molecular formula is C28H25ClF2N2O3S2. The number of halogens is 3. The van der Waals surface area contributed by atoms with Crippen LogP contribution in [0.1, 0.15) is 12.0 Å². The van der Waals surface area contributed by atoms with Crippen LogP contribution in [0.2, 0.25) is 5.02 Å². The van der Waals surface area contributed by atoms with E-state index in [0.717, 1.165) is 39.7 Å². The Morgan fingerprint density at radius 3 is 2.29 bits per heavy atom. The quantitative estimate of drug-likeness (QED) is 0.0761. The van der Waals surface area contributed by atoms with Crippen molar-refractivity contribution >= 4 is 46.7 Å². The Labute approximate surface area is 233 Å². The predicted molar refractivity (Wildman–Crippen MR) is 150 cm³/mol. The highest BCUT2D eigenvalue weighted by atomic mass is 35.5. The molecule has 0 aliphatic carbocycles. The fourth-order valence-electron chi connectivity index (χ4n) is 3.50. The van der Waals surface area contributed by atoms with Gasteiger partial charge in [0.2, 0.25) is 0 Å². The molecule has 0 heterocycles. The standard InChI is InChI=1S/C28H25ClF2N2O3S2/c29-21-6-11-25(12-7-21)38-32(27-18-22(30)8-15-26(27)31)19-20-4-1-2-5-28(20)36-16-3-17-37-24-13-9-23(10-14-24)33(34)35/h1-2,4-15,18,34-35H,3,16-17,19H2. The predicted octanol–water partition coefficient (Wildman–Crippen LogP) is 8.48. The molecule has 38 heavy (non-hydrogen) atoms. The van der Waals surface area contributed by atoms with Crippen molar-refractivity contribution in [1.29, 1.82) is 0 Å². The molecular weight excluding hydrogens is 550 g/mol. The molecule has 0 radical (unpaired) electrons. The summed E-state index contributed by atoms with van der Waals surface area (Å²) >= 11 is 8.93. The van der Waals surface area contributed by atoms with Gasteiger partial charge < -0.3 is 9.04 Å². The molecule has 0 spiro atoms. The van der Waals surface area contributed by atoms with Gasteiger partial charge in [0.05, 0.1) is 24.5 Å². The van der Waals surface area contributed by atoms with E-state index in [2.05, 4.69) is 0 Å². The van der Waals surface area contributed by atoms with E-state index in [0.29, 0.717) is 17.4 Å². The average Bonchev–Trinajstić information content (AvgIpc) is 2.92. The van der Waals surface area contributed by atoms with Gasteiger partial charge >= 0.3 is 0 Å². The van der Waals surface area contributed by atoms with E-state index in [4.69, 9.17) is 26.8 Å². The maximum atomic E-state index is 14.8. The zero-order chi connectivity index (χ0) is 26.9. The van der Waals surface area contributed by atoms with Gasteiger partial charge in [-0.3, -0.25) is 10.4 Å². The van der Waals surface area contributed by atoms with Gasteiger partial charge in [0.15, 0.2) is 0 Å². The van der Waals surface area contributed by atoms with Crippen molar-refractivity contribution in [2.75, 3.05) is 21.9 Å². The zero-order valence-corrected chi connectivity index (χ0v) is 22.5. The van der Waals surface area contributed by atoms with Crippen molar-refractivity contribution < 1.29 is 23.9 Å². The van der Waals surface area contributed by atoms with Crippen molar-refractivity contribution in [3.8, 4) is 5.75 Å². The number of hydrogen-bond acceptors (Lipinski definition) is 7. The Morgan fingerprint density at radius 1 is 0.842 bits per heavy atom. The molecule has 4 aromatic rings. The monoisotopic (exact) mass is 574 g/mol. The molecule has 2 N–H and O–H groups in total. The van der Waals surface area contributed by atoms with Crippen LogP contribution in [-0.4, -0.2) is 22.8 Å². The minimum absolute atomic E-state index is 0.0809. The molecule has 0 aliphatic rings. The third kappa shape index (κ3) is 8.02. The molecule has 5 nitrogen and oxygen atoms in total. The molecule has 0 unspecified atom stereocenters. The lowest BCUT2D eigenvalue weighted by Gasteiger charge is -2.25. The molecule has 198 valence electrons. The van der Waals surface area contributed by atoms with Crippen LogP contribution in [0.4, 0.5) is 20.2 Å². The van der Waals surface area contributed by atoms with Crippen LogP contribution >= 0.6 is 35.3 Å². The Bertz CT molecular complexity index is 1330. The highest BCUT2D eigenvalue weighted by Crippen LogP contribution is 2.35. The van der Waals surface area contributed by atoms with Crippen LogP contribution < -0.4 is 14.3 Å². The largest absolute Gasteiger partial charge is 0.493 e. The summed E-state index contributed by atoms with van der Waals surface area (Å²) in [6.45, 7) is 0.749. The Morgan fingerprint density at radius 2 is 1.55 bits per heavy atom. The van der Waals surface area contributed by atoms with E-state index in [1.165, 1.54) is 18.0 Å². The average molecular weight is 575 g/mol. The Kier molecular flexibility index (Phi) is 10.1. The van der Waals surface area contributed by atoms with Crippen LogP contribution in [0.3, 0.4) is 0 Å². The first-order valence-electron chi connectivity index (χ1n) is 11.7. The van der Waals surface area contributed by atoms with E-state index in [1.54, 1.807) is 40.3 Å². The SMILES string of the molecule is ON(O)c1ccc(SCCCOc2ccccc2CN(Sc2ccc(Cl)cc2)c2cc(F)ccc2F)cc1. The molecule has 0 saturated heterocycles. The van der Waals surface area contributed by atoms with Gasteiger partial charge in [-0.2, -0.15) is 0 Å². The second-order valence-electron chi connectivity index (χ2n) is 8.12. The van der Waals surface area contributed by atoms with Gasteiger partial charge in [-0.05, 0) is 85.1 Å². The van der Waals surface area contributed by atoms with Gasteiger partial charge in [0, 0.05) is 32.2 Å². The summed E-state index contributed by atoms with van der Waals surface area (Å²) in [5, 5.41) is 18.8. The summed E-state index contributed by atoms with van der Waals surface area (Å²) in [4.78, 5) is 1.83. The van der Waals surface area contributed by atoms with E-state index in [9.17, 15) is 8.78 Å². The number of thioether (sulfide) groups is 1. The van der Waals surface area contributed by atoms with Gasteiger partial charge in [-0.1, -0.05) is 29.8 Å². The maximum absolute atomic E-state index is 14.8. The normalized spacial score (nSPS) is 10.9. The summed E-state index contributed by atoms with van der Waals surface area (Å²) in [5.74, 6) is 0.425. The lowest BCUT2D eigenvalue weighted by Crippen LogP contribution is -2.16. The smallest absolute Gasteiger partial charge is 0.147 e. The number of para-hydroxylation sites is 1. The third-order valence-electron chi connectivity index (χ3n) is 5.38. The summed E-state index contributed by atoms with van der Waals surface area (Å²) in [6, 6.07) is 25.0. The van der Waals surface area contributed by atoms with Crippen LogP contribution in [-0.2, 0) is 6.54 Å². The fraction of sp³-hybridized carbons (Fsp3) is 0.143. The number of nitrogens with zero attached hydrogens (tertiary/aromatic N) is 2. The molecule has 0 atom stereocenters. The molecule has 10 heteroatoms. The fourth-order valence-corrected chi connectivity index (χ4v) is 5.41. The molecule has 0 aliphatic heterocycles. The van der Waals surface area contributed by atoms with E-state index < -0.39 is 11.6 Å². The Balaban J connectivity index is 1.41. The van der Waals surface area contributed by atoms with Gasteiger partial charge in [0.25, 0.3) is 0 Å². The van der Waals surface area contributed by atoms with Crippen LogP contribution in [0.5, 0.6) is 5.75 Å². The minimum Gasteiger partial charge on any atom is -0.493 e. The molecule has 0 aromatic heterocycles. The van der Waals surface area contributed by atoms with Gasteiger partial charge in [0.1, 0.15) is 17.4 Å². The van der Waals surface area contributed by atoms with E-state index in [1.807, 2.05) is 48.5 Å². The minimum atomic E-state index is -0.526. The van der Waals surface area contributed by atoms with Crippen molar-refractivity contribution in [3.63, 3.8) is 0 Å². The van der Waals surface area contributed by atoms with Crippen LogP contribution in [0.15, 0.2) is 101 Å². The number of benzene rings is 4. The lowest BCUT2D eigenvalue weighted by molar-refractivity contribution is 0.0291. The second kappa shape index (κ2) is 13.7. The first kappa shape index (κ1) is 28.1. The Hall–Kier alpha value is -2.95. The number of rotatable bonds is 12. The summed E-state index contributed by atoms with van der Waals surface area (Å²) in [6.07, 6.45) is 0.772. The molecule has 4 rings (SSSR count). The lowest BCUT2D eigenvalue weighted by atomic mass is 10.2. The van der Waals surface area contributed by atoms with Gasteiger partial charge in [-0.15, -0.1) is 17.0 Å². The van der Waals surface area contributed by atoms with E-state index in [-0.39, 0.29) is 23.1 Å². The summed E-state index contributed by atoms with van der Waals surface area (Å²) in [5.41, 5.74) is 1.25. The zero-order valence-electron chi connectivity index (χ0n) is 20.1. The first-order chi connectivity index (χ1) is 18.4. The van der Waals surface area contributed by atoms with Crippen molar-refractivity contribution in [1.82, 2.24) is 0 Å². The topological polar surface area (TPSA) is 56.2 Å². The van der Waals surface area contributed by atoms with Crippen molar-refractivity contribution in [2.45, 2.75) is 22.8 Å². The molecule has 0 bridgehead atoms. The number of anilines is 2. The summed E-state index contributed by atoms with van der Waals surface area (Å²) in [7, 11) is 0. The highest BCUT2D eigenvalue weighted by molar-refractivity contribution is 8.00. The summed E-state index contributed by atoms with van der Waals surface area (Å²) < 4.78 is 36.6. The van der Waals surface area contributed by atoms with Crippen LogP contribution in [0, 0.1) is 11.6 Å². The number of ether oxygens (including phenoxy) is 1. The van der Waals surface area contributed by atoms with Crippen molar-refractivity contribution in [3.05, 3.63) is 113 Å². The third-order valence-corrected chi connectivity index (χ3v) is 7.75. The molecule has 0 amide bonds. The second-order valence-corrected chi connectivity index (χ2v) is 10.8. The van der Waals surface area contributed by atoms with E-state index >= 15 is 0 Å². The molecule has 0 fully saturated rings. The highest BCUT2D eigenvalue weighted by Gasteiger charge is 2.17. The number of hydrogen-bond donors (Lipinski definition) is 2. The maximum Gasteiger partial charge on any atom is 0.147 e.